The number of hydrazine groups is 1. The number of hydrogen-bond donors (Lipinski definition) is 2. The highest BCUT2D eigenvalue weighted by molar-refractivity contribution is 6.37. The molecule has 140 valence electrons. The normalized spacial score (nSPS) is 22.2. The van der Waals surface area contributed by atoms with E-state index in [1.807, 2.05) is 17.8 Å². The number of allylic oxidation sites excluding steroid dienone is 1. The van der Waals surface area contributed by atoms with Crippen LogP contribution in [0.15, 0.2) is 30.0 Å². The van der Waals surface area contributed by atoms with Gasteiger partial charge < -0.3 is 14.6 Å². The van der Waals surface area contributed by atoms with Crippen molar-refractivity contribution in [3.63, 3.8) is 0 Å². The van der Waals surface area contributed by atoms with Crippen LogP contribution in [0.1, 0.15) is 45.7 Å². The zero-order chi connectivity index (χ0) is 18.9. The van der Waals surface area contributed by atoms with E-state index in [1.54, 1.807) is 17.2 Å². The van der Waals surface area contributed by atoms with Gasteiger partial charge in [0.15, 0.2) is 13.2 Å². The van der Waals surface area contributed by atoms with Gasteiger partial charge in [-0.25, -0.2) is 9.78 Å². The Morgan fingerprint density at radius 2 is 2.19 bits per heavy atom. The molecule has 1 amide bonds. The minimum atomic E-state index is -0.369. The van der Waals surface area contributed by atoms with Gasteiger partial charge in [-0.05, 0) is 18.3 Å². The van der Waals surface area contributed by atoms with Crippen LogP contribution in [0.2, 0.25) is 0 Å². The monoisotopic (exact) mass is 360 g/mol. The summed E-state index contributed by atoms with van der Waals surface area (Å²) in [6, 6.07) is 0. The van der Waals surface area contributed by atoms with Crippen LogP contribution < -0.4 is 10.7 Å². The molecule has 26 heavy (non-hydrogen) atoms. The number of carbonyl (C=O) groups excluding carboxylic acids is 2. The Bertz CT molecular complexity index is 777. The Hall–Kier alpha value is -2.64. The second-order valence-corrected chi connectivity index (χ2v) is 7.62. The third-order valence-corrected chi connectivity index (χ3v) is 4.92. The van der Waals surface area contributed by atoms with Gasteiger partial charge in [0.05, 0.1) is 19.0 Å². The van der Waals surface area contributed by atoms with Crippen LogP contribution in [0.4, 0.5) is 0 Å². The molecule has 1 atom stereocenters. The fourth-order valence-electron chi connectivity index (χ4n) is 3.62. The number of rotatable bonds is 4. The molecule has 2 N–H and O–H groups in total. The molecule has 2 heterocycles. The molecule has 2 aliphatic rings. The van der Waals surface area contributed by atoms with Crippen molar-refractivity contribution in [3.8, 4) is 0 Å². The Morgan fingerprint density at radius 1 is 1.42 bits per heavy atom. The largest absolute Gasteiger partial charge is 0.466 e. The van der Waals surface area contributed by atoms with Crippen LogP contribution in [-0.4, -0.2) is 46.0 Å². The number of hydrogen-bond acceptors (Lipinski definition) is 5. The lowest BCUT2D eigenvalue weighted by Gasteiger charge is -2.23. The van der Waals surface area contributed by atoms with E-state index in [-0.39, 0.29) is 23.5 Å². The maximum absolute atomic E-state index is 12.8. The Balaban J connectivity index is 1.75. The summed E-state index contributed by atoms with van der Waals surface area (Å²) >= 11 is 0. The van der Waals surface area contributed by atoms with Crippen molar-refractivity contribution >= 4 is 17.6 Å². The number of imidazole rings is 1. The fourth-order valence-corrected chi connectivity index (χ4v) is 3.62. The minimum absolute atomic E-state index is 0.0642. The van der Waals surface area contributed by atoms with Gasteiger partial charge in [-0.15, -0.1) is 4.68 Å². The van der Waals surface area contributed by atoms with Crippen LogP contribution in [0, 0.1) is 5.41 Å². The smallest absolute Gasteiger partial charge is 0.335 e. The predicted molar refractivity (Wildman–Crippen MR) is 95.0 cm³/mol. The molecule has 1 aromatic rings. The van der Waals surface area contributed by atoms with Gasteiger partial charge in [-0.2, -0.15) is 5.43 Å². The topological polar surface area (TPSA) is 88.3 Å². The quantitative estimate of drug-likeness (QED) is 0.621. The average molecular weight is 360 g/mol. The number of hydrazone groups is 1. The minimum Gasteiger partial charge on any atom is -0.466 e. The Labute approximate surface area is 152 Å². The lowest BCUT2D eigenvalue weighted by molar-refractivity contribution is -0.575. The van der Waals surface area contributed by atoms with Crippen molar-refractivity contribution < 1.29 is 19.0 Å². The molecule has 0 fully saturated rings. The van der Waals surface area contributed by atoms with Gasteiger partial charge in [-0.1, -0.05) is 13.8 Å². The first-order valence-electron chi connectivity index (χ1n) is 8.75. The van der Waals surface area contributed by atoms with Crippen LogP contribution in [-0.2, 0) is 14.3 Å². The highest BCUT2D eigenvalue weighted by atomic mass is 16.5. The summed E-state index contributed by atoms with van der Waals surface area (Å²) in [5.41, 5.74) is 5.09. The molecule has 1 aromatic heterocycles. The molecule has 3 rings (SSSR count). The Morgan fingerprint density at radius 3 is 2.81 bits per heavy atom. The molecule has 1 aliphatic carbocycles. The first-order chi connectivity index (χ1) is 12.3. The van der Waals surface area contributed by atoms with E-state index in [0.717, 1.165) is 6.42 Å². The summed E-state index contributed by atoms with van der Waals surface area (Å²) in [5, 5.41) is 2.95. The summed E-state index contributed by atoms with van der Waals surface area (Å²) in [6.45, 7) is 4.15. The first kappa shape index (κ1) is 18.2. The third kappa shape index (κ3) is 3.63. The fraction of sp³-hybridized carbons (Fsp3) is 0.556. The molecule has 8 heteroatoms. The molecule has 1 unspecified atom stereocenters. The zero-order valence-electron chi connectivity index (χ0n) is 15.7. The maximum atomic E-state index is 12.8. The van der Waals surface area contributed by atoms with Crippen molar-refractivity contribution in [2.45, 2.75) is 45.7 Å². The summed E-state index contributed by atoms with van der Waals surface area (Å²) in [7, 11) is 3.19. The predicted octanol–water partition coefficient (Wildman–Crippen LogP) is 1.13. The molecule has 0 saturated heterocycles. The standard InChI is InChI=1S/C18H25N5O3/c1-18(2)9-12(17(25)26-4)13(10-18)20-16(24)14-5-6-15(21-22(14)3)23-8-7-19-11-23/h7-8,11,15H,5-6,9-10H2,1-4H3,(H-,20,21,24,25)/p+1. The van der Waals surface area contributed by atoms with Crippen molar-refractivity contribution in [1.82, 2.24) is 20.3 Å². The third-order valence-electron chi connectivity index (χ3n) is 4.92. The van der Waals surface area contributed by atoms with E-state index < -0.39 is 0 Å². The number of amides is 1. The summed E-state index contributed by atoms with van der Waals surface area (Å²) in [6.07, 6.45) is 8.09. The highest BCUT2D eigenvalue weighted by Crippen LogP contribution is 2.40. The van der Waals surface area contributed by atoms with E-state index in [2.05, 4.69) is 29.6 Å². The van der Waals surface area contributed by atoms with E-state index >= 15 is 0 Å². The van der Waals surface area contributed by atoms with Crippen molar-refractivity contribution in [2.24, 2.45) is 5.41 Å². The summed E-state index contributed by atoms with van der Waals surface area (Å²) < 4.78 is 8.60. The summed E-state index contributed by atoms with van der Waals surface area (Å²) in [4.78, 5) is 28.9. The molecule has 8 nitrogen and oxygen atoms in total. The average Bonchev–Trinajstić information content (AvgIpc) is 3.21. The van der Waals surface area contributed by atoms with Crippen molar-refractivity contribution in [2.75, 3.05) is 14.2 Å². The van der Waals surface area contributed by atoms with Crippen LogP contribution in [0.5, 0.6) is 0 Å². The molecule has 0 saturated carbocycles. The van der Waals surface area contributed by atoms with Gasteiger partial charge in [-0.3, -0.25) is 4.79 Å². The van der Waals surface area contributed by atoms with Gasteiger partial charge >= 0.3 is 11.9 Å². The first-order valence-corrected chi connectivity index (χ1v) is 8.75. The second kappa shape index (κ2) is 6.93. The SMILES string of the molecule is COC(=O)C1=C(NC(=O)C2=[N+](C)NC(n3ccnc3)CC2)CC(C)(C)C1. The van der Waals surface area contributed by atoms with Crippen LogP contribution in [0.3, 0.4) is 0 Å². The molecule has 0 spiro atoms. The van der Waals surface area contributed by atoms with E-state index in [9.17, 15) is 9.59 Å². The molecule has 0 aromatic carbocycles. The number of carbonyl (C=O) groups is 2. The number of aromatic nitrogens is 2. The van der Waals surface area contributed by atoms with Gasteiger partial charge in [0, 0.05) is 30.9 Å². The Kier molecular flexibility index (Phi) is 4.84. The van der Waals surface area contributed by atoms with Crippen molar-refractivity contribution in [3.05, 3.63) is 30.0 Å². The second-order valence-electron chi connectivity index (χ2n) is 7.62. The van der Waals surface area contributed by atoms with Gasteiger partial charge in [0.1, 0.15) is 0 Å². The molecular formula is C18H26N5O3+. The number of nitrogens with one attached hydrogen (secondary N) is 2. The molecule has 0 bridgehead atoms. The number of methoxy groups -OCH3 is 1. The molecular weight excluding hydrogens is 334 g/mol. The molecule has 0 radical (unpaired) electrons. The highest BCUT2D eigenvalue weighted by Gasteiger charge is 2.37. The van der Waals surface area contributed by atoms with Gasteiger partial charge in [0.25, 0.3) is 5.71 Å². The number of esters is 1. The van der Waals surface area contributed by atoms with E-state index in [0.29, 0.717) is 36.2 Å². The zero-order valence-corrected chi connectivity index (χ0v) is 15.7. The lowest BCUT2D eigenvalue weighted by Crippen LogP contribution is -2.47. The number of nitrogens with zero attached hydrogens (tertiary/aromatic N) is 3. The lowest BCUT2D eigenvalue weighted by atomic mass is 9.89. The summed E-state index contributed by atoms with van der Waals surface area (Å²) in [5.74, 6) is -0.552. The maximum Gasteiger partial charge on any atom is 0.335 e. The van der Waals surface area contributed by atoms with Crippen LogP contribution in [0.25, 0.3) is 0 Å². The van der Waals surface area contributed by atoms with Gasteiger partial charge in [0.2, 0.25) is 0 Å². The van der Waals surface area contributed by atoms with E-state index in [1.165, 1.54) is 7.11 Å². The van der Waals surface area contributed by atoms with Crippen molar-refractivity contribution in [1.29, 1.82) is 0 Å². The van der Waals surface area contributed by atoms with Crippen LogP contribution >= 0.6 is 0 Å². The van der Waals surface area contributed by atoms with E-state index in [4.69, 9.17) is 4.74 Å². The molecule has 1 aliphatic heterocycles. The number of ether oxygens (including phenoxy) is 1.